The van der Waals surface area contributed by atoms with E-state index in [9.17, 15) is 9.59 Å². The Bertz CT molecular complexity index is 1220. The van der Waals surface area contributed by atoms with E-state index in [0.29, 0.717) is 16.8 Å². The van der Waals surface area contributed by atoms with Crippen LogP contribution in [-0.2, 0) is 6.54 Å². The number of amides is 1. The molecule has 0 saturated carbocycles. The maximum Gasteiger partial charge on any atom is 0.266 e. The van der Waals surface area contributed by atoms with Gasteiger partial charge in [0, 0.05) is 23.7 Å². The number of carbonyl (C=O) groups excluding carboxylic acids is 1. The standard InChI is InChI=1S/C20H17N5O3S/c1-28-15-5-2-13(3-6-15)16-8-9-19(26)25(22-16)11-10-21-20(27)14-4-7-17-18(12-14)24-29-23-17/h2-9,12H,10-11H2,1H3,(H,21,27). The summed E-state index contributed by atoms with van der Waals surface area (Å²) >= 11 is 1.11. The summed E-state index contributed by atoms with van der Waals surface area (Å²) in [5.41, 5.74) is 3.25. The molecular formula is C20H17N5O3S. The second-order valence-electron chi connectivity index (χ2n) is 6.23. The second-order valence-corrected chi connectivity index (χ2v) is 6.76. The van der Waals surface area contributed by atoms with Crippen molar-refractivity contribution in [2.75, 3.05) is 13.7 Å². The Morgan fingerprint density at radius 1 is 1.07 bits per heavy atom. The summed E-state index contributed by atoms with van der Waals surface area (Å²) in [5.74, 6) is 0.510. The van der Waals surface area contributed by atoms with Gasteiger partial charge in [0.05, 0.1) is 31.1 Å². The minimum atomic E-state index is -0.237. The van der Waals surface area contributed by atoms with Gasteiger partial charge in [0.2, 0.25) is 0 Å². The van der Waals surface area contributed by atoms with Gasteiger partial charge in [0.15, 0.2) is 0 Å². The average molecular weight is 407 g/mol. The van der Waals surface area contributed by atoms with Gasteiger partial charge in [0.1, 0.15) is 16.8 Å². The Kier molecular flexibility index (Phi) is 5.30. The normalized spacial score (nSPS) is 10.8. The van der Waals surface area contributed by atoms with Crippen molar-refractivity contribution in [3.8, 4) is 17.0 Å². The molecule has 146 valence electrons. The number of methoxy groups -OCH3 is 1. The van der Waals surface area contributed by atoms with Gasteiger partial charge >= 0.3 is 0 Å². The highest BCUT2D eigenvalue weighted by atomic mass is 32.1. The third-order valence-corrected chi connectivity index (χ3v) is 4.93. The first-order valence-corrected chi connectivity index (χ1v) is 9.60. The predicted molar refractivity (Wildman–Crippen MR) is 110 cm³/mol. The van der Waals surface area contributed by atoms with E-state index in [0.717, 1.165) is 28.6 Å². The number of aromatic nitrogens is 4. The van der Waals surface area contributed by atoms with Crippen molar-refractivity contribution >= 4 is 28.7 Å². The van der Waals surface area contributed by atoms with Gasteiger partial charge in [-0.2, -0.15) is 13.8 Å². The lowest BCUT2D eigenvalue weighted by atomic mass is 10.1. The van der Waals surface area contributed by atoms with Crippen LogP contribution in [0.1, 0.15) is 10.4 Å². The van der Waals surface area contributed by atoms with Crippen molar-refractivity contribution in [3.05, 3.63) is 70.5 Å². The molecule has 0 unspecified atom stereocenters. The topological polar surface area (TPSA) is 99.0 Å². The zero-order valence-corrected chi connectivity index (χ0v) is 16.3. The highest BCUT2D eigenvalue weighted by Crippen LogP contribution is 2.19. The predicted octanol–water partition coefficient (Wildman–Crippen LogP) is 2.35. The molecule has 0 aliphatic heterocycles. The van der Waals surface area contributed by atoms with Crippen molar-refractivity contribution in [1.29, 1.82) is 0 Å². The van der Waals surface area contributed by atoms with E-state index in [2.05, 4.69) is 19.2 Å². The van der Waals surface area contributed by atoms with Gasteiger partial charge in [-0.25, -0.2) is 4.68 Å². The van der Waals surface area contributed by atoms with Crippen molar-refractivity contribution in [2.24, 2.45) is 0 Å². The van der Waals surface area contributed by atoms with E-state index in [4.69, 9.17) is 4.74 Å². The first-order valence-electron chi connectivity index (χ1n) is 8.87. The summed E-state index contributed by atoms with van der Waals surface area (Å²) in [5, 5.41) is 7.20. The summed E-state index contributed by atoms with van der Waals surface area (Å²) < 4.78 is 14.8. The maximum absolute atomic E-state index is 12.4. The Balaban J connectivity index is 1.43. The molecule has 0 atom stereocenters. The van der Waals surface area contributed by atoms with Crippen molar-refractivity contribution in [3.63, 3.8) is 0 Å². The first kappa shape index (κ1) is 18.8. The van der Waals surface area contributed by atoms with Gasteiger partial charge in [0.25, 0.3) is 11.5 Å². The second kappa shape index (κ2) is 8.19. The van der Waals surface area contributed by atoms with Crippen LogP contribution in [0, 0.1) is 0 Å². The Morgan fingerprint density at radius 3 is 2.66 bits per heavy atom. The molecular weight excluding hydrogens is 390 g/mol. The number of rotatable bonds is 6. The fourth-order valence-electron chi connectivity index (χ4n) is 2.83. The van der Waals surface area contributed by atoms with Gasteiger partial charge in [-0.1, -0.05) is 0 Å². The van der Waals surface area contributed by atoms with Crippen LogP contribution >= 0.6 is 11.7 Å². The largest absolute Gasteiger partial charge is 0.497 e. The van der Waals surface area contributed by atoms with Crippen LogP contribution in [0.5, 0.6) is 5.75 Å². The van der Waals surface area contributed by atoms with Crippen LogP contribution in [-0.4, -0.2) is 38.1 Å². The molecule has 1 N–H and O–H groups in total. The zero-order chi connectivity index (χ0) is 20.2. The lowest BCUT2D eigenvalue weighted by Crippen LogP contribution is -2.31. The van der Waals surface area contributed by atoms with E-state index in [1.54, 1.807) is 31.4 Å². The first-order chi connectivity index (χ1) is 14.1. The van der Waals surface area contributed by atoms with E-state index >= 15 is 0 Å². The fourth-order valence-corrected chi connectivity index (χ4v) is 3.34. The molecule has 0 aliphatic carbocycles. The minimum absolute atomic E-state index is 0.230. The molecule has 4 rings (SSSR count). The fraction of sp³-hybridized carbons (Fsp3) is 0.150. The highest BCUT2D eigenvalue weighted by molar-refractivity contribution is 7.00. The van der Waals surface area contributed by atoms with Crippen molar-refractivity contribution in [1.82, 2.24) is 23.8 Å². The molecule has 0 saturated heterocycles. The number of ether oxygens (including phenoxy) is 1. The van der Waals surface area contributed by atoms with E-state index in [1.807, 2.05) is 24.3 Å². The number of hydrogen-bond donors (Lipinski definition) is 1. The van der Waals surface area contributed by atoms with Gasteiger partial charge in [-0.3, -0.25) is 9.59 Å². The Labute approximate surface area is 170 Å². The van der Waals surface area contributed by atoms with Crippen LogP contribution in [0.2, 0.25) is 0 Å². The van der Waals surface area contributed by atoms with Crippen LogP contribution in [0.15, 0.2) is 59.4 Å². The van der Waals surface area contributed by atoms with E-state index < -0.39 is 0 Å². The Morgan fingerprint density at radius 2 is 1.86 bits per heavy atom. The molecule has 0 fully saturated rings. The smallest absolute Gasteiger partial charge is 0.266 e. The zero-order valence-electron chi connectivity index (χ0n) is 15.5. The van der Waals surface area contributed by atoms with Crippen LogP contribution in [0.25, 0.3) is 22.3 Å². The minimum Gasteiger partial charge on any atom is -0.497 e. The van der Waals surface area contributed by atoms with E-state index in [-0.39, 0.29) is 24.6 Å². The summed E-state index contributed by atoms with van der Waals surface area (Å²) in [6, 6.07) is 15.7. The number of nitrogens with zero attached hydrogens (tertiary/aromatic N) is 4. The number of carbonyl (C=O) groups is 1. The number of fused-ring (bicyclic) bond motifs is 1. The van der Waals surface area contributed by atoms with Crippen molar-refractivity contribution in [2.45, 2.75) is 6.54 Å². The Hall–Kier alpha value is -3.59. The number of hydrogen-bond acceptors (Lipinski definition) is 7. The van der Waals surface area contributed by atoms with Gasteiger partial charge < -0.3 is 10.1 Å². The summed E-state index contributed by atoms with van der Waals surface area (Å²) in [6.45, 7) is 0.528. The molecule has 1 amide bonds. The van der Waals surface area contributed by atoms with E-state index in [1.165, 1.54) is 10.7 Å². The number of benzene rings is 2. The lowest BCUT2D eigenvalue weighted by molar-refractivity contribution is 0.0952. The molecule has 0 radical (unpaired) electrons. The summed E-state index contributed by atoms with van der Waals surface area (Å²) in [6.07, 6.45) is 0. The molecule has 0 bridgehead atoms. The summed E-state index contributed by atoms with van der Waals surface area (Å²) in [4.78, 5) is 24.5. The van der Waals surface area contributed by atoms with Gasteiger partial charge in [-0.15, -0.1) is 0 Å². The molecule has 0 spiro atoms. The van der Waals surface area contributed by atoms with Crippen LogP contribution < -0.4 is 15.6 Å². The van der Waals surface area contributed by atoms with Crippen LogP contribution in [0.4, 0.5) is 0 Å². The molecule has 2 heterocycles. The highest BCUT2D eigenvalue weighted by Gasteiger charge is 2.09. The third kappa shape index (κ3) is 4.14. The quantitative estimate of drug-likeness (QED) is 0.527. The maximum atomic E-state index is 12.4. The molecule has 9 heteroatoms. The van der Waals surface area contributed by atoms with Crippen LogP contribution in [0.3, 0.4) is 0 Å². The average Bonchev–Trinajstić information content (AvgIpc) is 3.23. The SMILES string of the molecule is COc1ccc(-c2ccc(=O)n(CCNC(=O)c3ccc4nsnc4c3)n2)cc1. The van der Waals surface area contributed by atoms with Gasteiger partial charge in [-0.05, 0) is 48.5 Å². The molecule has 8 nitrogen and oxygen atoms in total. The molecule has 2 aromatic carbocycles. The lowest BCUT2D eigenvalue weighted by Gasteiger charge is -2.09. The summed E-state index contributed by atoms with van der Waals surface area (Å²) in [7, 11) is 1.60. The van der Waals surface area contributed by atoms with Crippen molar-refractivity contribution < 1.29 is 9.53 Å². The molecule has 4 aromatic rings. The number of nitrogens with one attached hydrogen (secondary N) is 1. The molecule has 29 heavy (non-hydrogen) atoms. The monoisotopic (exact) mass is 407 g/mol. The third-order valence-electron chi connectivity index (χ3n) is 4.38. The molecule has 2 aromatic heterocycles. The molecule has 0 aliphatic rings.